The molecule has 43 heavy (non-hydrogen) atoms. The van der Waals surface area contributed by atoms with Crippen LogP contribution in [0, 0.1) is 0 Å². The number of alkyl halides is 3. The van der Waals surface area contributed by atoms with Crippen LogP contribution >= 0.6 is 23.2 Å². The van der Waals surface area contributed by atoms with Crippen molar-refractivity contribution in [3.8, 4) is 5.75 Å². The van der Waals surface area contributed by atoms with Gasteiger partial charge in [-0.1, -0.05) is 71.7 Å². The van der Waals surface area contributed by atoms with E-state index in [4.69, 9.17) is 37.4 Å². The van der Waals surface area contributed by atoms with Gasteiger partial charge in [-0.25, -0.2) is 4.79 Å². The van der Waals surface area contributed by atoms with E-state index >= 15 is 0 Å². The molecule has 5 rings (SSSR count). The van der Waals surface area contributed by atoms with Crippen LogP contribution in [-0.2, 0) is 26.5 Å². The largest absolute Gasteiger partial charge is 0.489 e. The van der Waals surface area contributed by atoms with E-state index in [2.05, 4.69) is 5.32 Å². The summed E-state index contributed by atoms with van der Waals surface area (Å²) in [5.74, 6) is -1.10. The summed E-state index contributed by atoms with van der Waals surface area (Å²) in [4.78, 5) is 27.3. The van der Waals surface area contributed by atoms with Crippen molar-refractivity contribution in [2.75, 3.05) is 26.7 Å². The van der Waals surface area contributed by atoms with E-state index in [9.17, 15) is 22.8 Å². The van der Waals surface area contributed by atoms with Crippen LogP contribution in [0.3, 0.4) is 0 Å². The quantitative estimate of drug-likeness (QED) is 0.307. The molecule has 0 aromatic heterocycles. The molecule has 1 spiro atoms. The highest BCUT2D eigenvalue weighted by Gasteiger charge is 2.64. The zero-order valence-corrected chi connectivity index (χ0v) is 24.6. The number of benzene rings is 3. The third-order valence-electron chi connectivity index (χ3n) is 8.09. The van der Waals surface area contributed by atoms with E-state index in [-0.39, 0.29) is 42.5 Å². The Morgan fingerprint density at radius 3 is 2.28 bits per heavy atom. The highest BCUT2D eigenvalue weighted by atomic mass is 35.5. The molecule has 2 atom stereocenters. The Hall–Kier alpha value is -3.47. The molecule has 2 heterocycles. The number of alkyl carbamates (subject to hydrolysis) is 1. The minimum Gasteiger partial charge on any atom is -0.489 e. The molecule has 0 bridgehead atoms. The lowest BCUT2D eigenvalue weighted by molar-refractivity contribution is -0.271. The van der Waals surface area contributed by atoms with Gasteiger partial charge in [0.25, 0.3) is 11.5 Å². The average Bonchev–Trinajstić information content (AvgIpc) is 2.97. The predicted octanol–water partition coefficient (Wildman–Crippen LogP) is 6.86. The number of halogens is 5. The van der Waals surface area contributed by atoms with E-state index in [1.807, 2.05) is 54.6 Å². The normalized spacial score (nSPS) is 19.7. The molecule has 2 amide bonds. The van der Waals surface area contributed by atoms with Crippen LogP contribution in [0.2, 0.25) is 10.0 Å². The maximum atomic E-state index is 14.7. The first-order valence-electron chi connectivity index (χ1n) is 13.6. The van der Waals surface area contributed by atoms with Crippen molar-refractivity contribution in [3.63, 3.8) is 0 Å². The minimum absolute atomic E-state index is 0.0730. The topological polar surface area (TPSA) is 77.1 Å². The Kier molecular flexibility index (Phi) is 8.83. The third kappa shape index (κ3) is 6.01. The van der Waals surface area contributed by atoms with Crippen LogP contribution in [0.25, 0.3) is 0 Å². The van der Waals surface area contributed by atoms with Gasteiger partial charge in [0.2, 0.25) is 0 Å². The maximum absolute atomic E-state index is 14.7. The van der Waals surface area contributed by atoms with Crippen LogP contribution in [0.5, 0.6) is 5.75 Å². The summed E-state index contributed by atoms with van der Waals surface area (Å²) in [7, 11) is 0.822. The van der Waals surface area contributed by atoms with E-state index in [0.717, 1.165) is 35.3 Å². The van der Waals surface area contributed by atoms with Crippen LogP contribution in [0.4, 0.5) is 18.0 Å². The summed E-state index contributed by atoms with van der Waals surface area (Å²) in [6, 6.07) is 20.3. The fourth-order valence-electron chi connectivity index (χ4n) is 5.94. The maximum Gasteiger partial charge on any atom is 0.430 e. The van der Waals surface area contributed by atoms with Crippen molar-refractivity contribution in [2.45, 2.75) is 42.7 Å². The van der Waals surface area contributed by atoms with Crippen molar-refractivity contribution in [3.05, 3.63) is 99.5 Å². The molecule has 0 radical (unpaired) electrons. The zero-order valence-electron chi connectivity index (χ0n) is 23.1. The Morgan fingerprint density at radius 2 is 1.65 bits per heavy atom. The number of amides is 2. The van der Waals surface area contributed by atoms with E-state index in [0.29, 0.717) is 12.4 Å². The van der Waals surface area contributed by atoms with E-state index in [1.165, 1.54) is 6.07 Å². The molecule has 2 aliphatic heterocycles. The van der Waals surface area contributed by atoms with Crippen LogP contribution in [-0.4, -0.2) is 55.4 Å². The van der Waals surface area contributed by atoms with Gasteiger partial charge >= 0.3 is 12.3 Å². The number of nitrogens with one attached hydrogen (secondary N) is 1. The molecule has 1 N–H and O–H groups in total. The van der Waals surface area contributed by atoms with Gasteiger partial charge in [-0.2, -0.15) is 13.2 Å². The summed E-state index contributed by atoms with van der Waals surface area (Å²) >= 11 is 12.0. The minimum atomic E-state index is -5.14. The number of rotatable bonds is 7. The van der Waals surface area contributed by atoms with Crippen LogP contribution in [0.1, 0.15) is 35.4 Å². The van der Waals surface area contributed by atoms with Crippen molar-refractivity contribution < 1.29 is 37.0 Å². The van der Waals surface area contributed by atoms with Gasteiger partial charge in [-0.15, -0.1) is 0 Å². The van der Waals surface area contributed by atoms with Crippen LogP contribution in [0.15, 0.2) is 72.8 Å². The highest BCUT2D eigenvalue weighted by Crippen LogP contribution is 2.48. The highest BCUT2D eigenvalue weighted by molar-refractivity contribution is 6.34. The summed E-state index contributed by atoms with van der Waals surface area (Å²) in [6.07, 6.45) is -5.58. The molecule has 2 aliphatic rings. The number of piperidine rings is 1. The van der Waals surface area contributed by atoms with Gasteiger partial charge in [-0.3, -0.25) is 4.79 Å². The molecule has 2 saturated heterocycles. The molecule has 228 valence electrons. The smallest absolute Gasteiger partial charge is 0.430 e. The summed E-state index contributed by atoms with van der Waals surface area (Å²) in [6.45, 7) is 0.303. The fourth-order valence-corrected chi connectivity index (χ4v) is 6.47. The summed E-state index contributed by atoms with van der Waals surface area (Å²) in [5.41, 5.74) is -3.19. The second kappa shape index (κ2) is 12.3. The zero-order chi connectivity index (χ0) is 30.8. The van der Waals surface area contributed by atoms with Gasteiger partial charge in [0.15, 0.2) is 0 Å². The Morgan fingerprint density at radius 1 is 1.02 bits per heavy atom. The number of carbonyl (C=O) groups is 2. The lowest BCUT2D eigenvalue weighted by Gasteiger charge is -2.49. The second-order valence-electron chi connectivity index (χ2n) is 10.5. The Bertz CT molecular complexity index is 1460. The molecule has 3 aromatic carbocycles. The van der Waals surface area contributed by atoms with Crippen molar-refractivity contribution in [1.29, 1.82) is 0 Å². The third-order valence-corrected chi connectivity index (χ3v) is 8.52. The standard InChI is InChI=1S/C31H29Cl2F3N2O5/c1-41-30(31(34,35)36,21-15-22(32)17-23(33)16-21)27(39)38-13-11-29(12-14-38)25(18-37-28(40)43-29)24-9-5-6-10-26(24)42-19-20-7-3-2-4-8-20/h2-10,15-17,25H,11-14,18-19H2,1H3,(H,37,40)/t25-,30+/m1/s1. The van der Waals surface area contributed by atoms with Gasteiger partial charge in [0.05, 0.1) is 0 Å². The van der Waals surface area contributed by atoms with Gasteiger partial charge < -0.3 is 24.4 Å². The number of likely N-dealkylation sites (tertiary alicyclic amines) is 1. The summed E-state index contributed by atoms with van der Waals surface area (Å²) in [5, 5.41) is 2.59. The second-order valence-corrected chi connectivity index (χ2v) is 11.4. The summed E-state index contributed by atoms with van der Waals surface area (Å²) < 4.78 is 61.2. The number of carbonyl (C=O) groups excluding carboxylic acids is 2. The molecule has 3 aromatic rings. The van der Waals surface area contributed by atoms with Gasteiger partial charge in [0.1, 0.15) is 18.0 Å². The molecular weight excluding hydrogens is 608 g/mol. The van der Waals surface area contributed by atoms with Crippen molar-refractivity contribution >= 4 is 35.2 Å². The number of hydrogen-bond donors (Lipinski definition) is 1. The van der Waals surface area contributed by atoms with Crippen molar-refractivity contribution in [1.82, 2.24) is 10.2 Å². The molecule has 0 aliphatic carbocycles. The SMILES string of the molecule is CO[C@](C(=O)N1CCC2(CC1)OC(=O)NC[C@@H]2c1ccccc1OCc1ccccc1)(c1cc(Cl)cc(Cl)c1)C(F)(F)F. The molecule has 12 heteroatoms. The van der Waals surface area contributed by atoms with E-state index < -0.39 is 40.9 Å². The molecular formula is C31H29Cl2F3N2O5. The van der Waals surface area contributed by atoms with Gasteiger partial charge in [0, 0.05) is 66.7 Å². The lowest BCUT2D eigenvalue weighted by Crippen LogP contribution is -2.62. The number of methoxy groups -OCH3 is 1. The Labute approximate surface area is 256 Å². The first kappa shape index (κ1) is 31.0. The molecule has 7 nitrogen and oxygen atoms in total. The van der Waals surface area contributed by atoms with Gasteiger partial charge in [-0.05, 0) is 29.8 Å². The number of nitrogens with zero attached hydrogens (tertiary/aromatic N) is 1. The first-order valence-corrected chi connectivity index (χ1v) is 14.3. The molecule has 0 unspecified atom stereocenters. The lowest BCUT2D eigenvalue weighted by atomic mass is 9.74. The monoisotopic (exact) mass is 636 g/mol. The van der Waals surface area contributed by atoms with E-state index in [1.54, 1.807) is 0 Å². The number of hydrogen-bond acceptors (Lipinski definition) is 5. The Balaban J connectivity index is 1.42. The molecule has 0 saturated carbocycles. The predicted molar refractivity (Wildman–Crippen MR) is 154 cm³/mol. The average molecular weight is 637 g/mol. The number of ether oxygens (including phenoxy) is 3. The fraction of sp³-hybridized carbons (Fsp3) is 0.355. The van der Waals surface area contributed by atoms with Crippen molar-refractivity contribution in [2.24, 2.45) is 0 Å². The molecule has 2 fully saturated rings. The number of para-hydroxylation sites is 1. The van der Waals surface area contributed by atoms with Crippen LogP contribution < -0.4 is 10.1 Å². The first-order chi connectivity index (χ1) is 20.5.